The molecule has 18 nitrogen and oxygen atoms in total. The number of piperazine rings is 1. The van der Waals surface area contributed by atoms with E-state index in [4.69, 9.17) is 104 Å². The van der Waals surface area contributed by atoms with E-state index < -0.39 is 0 Å². The molecule has 4 aliphatic heterocycles. The number of carbonyl (C=O) groups excluding carboxylic acids is 3. The molecule has 9 heterocycles. The lowest BCUT2D eigenvalue weighted by Gasteiger charge is -2.34. The van der Waals surface area contributed by atoms with Crippen molar-refractivity contribution >= 4 is 145 Å². The van der Waals surface area contributed by atoms with Gasteiger partial charge in [-0.3, -0.25) is 24.7 Å². The summed E-state index contributed by atoms with van der Waals surface area (Å²) in [5, 5.41) is 38.5. The molecule has 15 rings (SSSR count). The van der Waals surface area contributed by atoms with E-state index in [0.29, 0.717) is 115 Å². The van der Waals surface area contributed by atoms with Gasteiger partial charge in [0.2, 0.25) is 0 Å². The van der Waals surface area contributed by atoms with Gasteiger partial charge in [-0.15, -0.1) is 22.7 Å². The molecule has 1 saturated heterocycles. The number of amides is 3. The number of aromatic nitrogens is 6. The van der Waals surface area contributed by atoms with Gasteiger partial charge in [0.15, 0.2) is 17.1 Å². The van der Waals surface area contributed by atoms with Gasteiger partial charge < -0.3 is 30.0 Å². The molecule has 27 heteroatoms. The van der Waals surface area contributed by atoms with Crippen molar-refractivity contribution in [1.29, 1.82) is 0 Å². The number of aliphatic hydroxyl groups excluding tert-OH is 1. The van der Waals surface area contributed by atoms with E-state index in [1.54, 1.807) is 91.3 Å². The first-order valence-corrected chi connectivity index (χ1v) is 38.4. The predicted octanol–water partition coefficient (Wildman–Crippen LogP) is 17.5. The van der Waals surface area contributed by atoms with Crippen molar-refractivity contribution < 1.29 is 38.1 Å². The molecule has 0 spiro atoms. The second-order valence-electron chi connectivity index (χ2n) is 25.9. The average molecular weight is 1570 g/mol. The maximum atomic E-state index is 13.5. The van der Waals surface area contributed by atoms with Crippen LogP contribution in [0.5, 0.6) is 0 Å². The SMILES string of the molecule is C[C@@H](NC(=O)c1nn(-c2ccc(Cl)cc2Cl)c2c1COC/C2=C\c1cccs1)C1CCCCC1.C[C@@H](NC(=O)c1nn(-c2ccc(Cl)cc2Cl)c2c1COC/C2=C\c1cccs1)c1ccccc1.O=C(NN1CCN(CCO)CC1)c1nn(-c2ccc(Cl)cc2Cl)c2c1COC/C2=C\c1ccc(F)cc1. The molecular formula is C78H74Cl6FN11O7S2. The summed E-state index contributed by atoms with van der Waals surface area (Å²) in [7, 11) is 0. The maximum Gasteiger partial charge on any atom is 0.286 e. The van der Waals surface area contributed by atoms with Crippen LogP contribution in [0.4, 0.5) is 4.39 Å². The van der Waals surface area contributed by atoms with Gasteiger partial charge >= 0.3 is 0 Å². The first kappa shape index (κ1) is 75.4. The molecular weight excluding hydrogens is 1500 g/mol. The van der Waals surface area contributed by atoms with Crippen LogP contribution in [0.15, 0.2) is 144 Å². The van der Waals surface area contributed by atoms with Crippen LogP contribution in [0.3, 0.4) is 0 Å². The van der Waals surface area contributed by atoms with Crippen LogP contribution in [0.2, 0.25) is 30.1 Å². The van der Waals surface area contributed by atoms with E-state index in [1.807, 2.05) is 89.4 Å². The molecule has 5 aliphatic rings. The van der Waals surface area contributed by atoms with E-state index in [2.05, 4.69) is 46.1 Å². The van der Waals surface area contributed by atoms with E-state index >= 15 is 0 Å². The lowest BCUT2D eigenvalue weighted by atomic mass is 9.84. The molecule has 105 heavy (non-hydrogen) atoms. The van der Waals surface area contributed by atoms with Crippen molar-refractivity contribution in [1.82, 2.24) is 55.3 Å². The molecule has 10 aromatic rings. The smallest absolute Gasteiger partial charge is 0.286 e. The molecule has 0 unspecified atom stereocenters. The van der Waals surface area contributed by atoms with Gasteiger partial charge in [-0.2, -0.15) is 15.3 Å². The maximum absolute atomic E-state index is 13.5. The number of nitrogens with one attached hydrogen (secondary N) is 3. The molecule has 5 aromatic carbocycles. The normalized spacial score (nSPS) is 17.2. The molecule has 1 aliphatic carbocycles. The minimum absolute atomic E-state index is 0.0957. The summed E-state index contributed by atoms with van der Waals surface area (Å²) in [6, 6.07) is 39.6. The number of fused-ring (bicyclic) bond motifs is 3. The summed E-state index contributed by atoms with van der Waals surface area (Å²) in [5.41, 5.74) is 14.8. The standard InChI is InChI=1S/C26H26Cl2FN5O3.C26H27Cl2N3O2S.C26H21Cl2N3O2S/c27-19-3-6-23(22(28)14-19)34-25-18(13-17-1-4-20(29)5-2-17)15-37-16-21(25)24(30-34)26(36)31-33-9-7-32(8-10-33)11-12-35;2*1-16(17-6-3-2-4-7-17)29-26(32)24-21-15-33-14-18(12-20-8-5-11-34-20)25(21)31(30-24)23-10-9-19(27)13-22(23)28/h1-6,13-14,35H,7-12,15-16H2,(H,31,36);5,8-13,16-17H,2-4,6-7,14-15H2,1H3,(H,29,32);2-13,16H,14-15H2,1H3,(H,29,32)/b18-13+;2*18-12+/t;2*16-/m.11/s1. The minimum Gasteiger partial charge on any atom is -0.395 e. The van der Waals surface area contributed by atoms with Crippen LogP contribution in [0, 0.1) is 11.7 Å². The molecule has 2 fully saturated rings. The highest BCUT2D eigenvalue weighted by Crippen LogP contribution is 2.40. The zero-order chi connectivity index (χ0) is 73.3. The molecule has 0 radical (unpaired) electrons. The Hall–Kier alpha value is -7.81. The lowest BCUT2D eigenvalue weighted by molar-refractivity contribution is 0.0572. The van der Waals surface area contributed by atoms with Crippen molar-refractivity contribution in [2.45, 2.75) is 77.9 Å². The Balaban J connectivity index is 0.000000140. The average Bonchev–Trinajstić information content (AvgIpc) is 1.62. The first-order valence-electron chi connectivity index (χ1n) is 34.4. The van der Waals surface area contributed by atoms with Gasteiger partial charge in [0.05, 0.1) is 102 Å². The second-order valence-corrected chi connectivity index (χ2v) is 30.4. The number of hydrazine groups is 1. The fraction of sp³-hybridized carbons (Fsp3) is 0.282. The number of aliphatic hydroxyl groups is 1. The Bertz CT molecular complexity index is 4860. The molecule has 2 atom stereocenters. The fourth-order valence-electron chi connectivity index (χ4n) is 13.5. The molecule has 5 aromatic heterocycles. The van der Waals surface area contributed by atoms with Crippen molar-refractivity contribution in [3.63, 3.8) is 0 Å². The molecule has 3 amide bonds. The number of benzene rings is 5. The Labute approximate surface area is 645 Å². The van der Waals surface area contributed by atoms with E-state index in [9.17, 15) is 18.8 Å². The summed E-state index contributed by atoms with van der Waals surface area (Å²) in [4.78, 5) is 44.6. The van der Waals surface area contributed by atoms with Crippen LogP contribution in [-0.2, 0) is 34.0 Å². The number of hydrogen-bond donors (Lipinski definition) is 4. The monoisotopic (exact) mass is 1570 g/mol. The number of halogens is 7. The van der Waals surface area contributed by atoms with Crippen molar-refractivity contribution in [3.8, 4) is 17.1 Å². The third-order valence-corrected chi connectivity index (χ3v) is 22.0. The fourth-order valence-corrected chi connectivity index (χ4v) is 16.3. The highest BCUT2D eigenvalue weighted by molar-refractivity contribution is 7.11. The Morgan fingerprint density at radius 2 is 0.990 bits per heavy atom. The Morgan fingerprint density at radius 1 is 0.543 bits per heavy atom. The van der Waals surface area contributed by atoms with E-state index in [0.717, 1.165) is 86.0 Å². The van der Waals surface area contributed by atoms with E-state index in [1.165, 1.54) is 31.4 Å². The summed E-state index contributed by atoms with van der Waals surface area (Å²) >= 11 is 41.4. The quantitative estimate of drug-likeness (QED) is 0.0716. The molecule has 0 bridgehead atoms. The zero-order valence-electron chi connectivity index (χ0n) is 57.3. The summed E-state index contributed by atoms with van der Waals surface area (Å²) in [6.45, 7) is 9.44. The summed E-state index contributed by atoms with van der Waals surface area (Å²) in [5.74, 6) is -0.595. The van der Waals surface area contributed by atoms with Gasteiger partial charge in [0.1, 0.15) is 5.82 Å². The number of thiophene rings is 2. The van der Waals surface area contributed by atoms with Gasteiger partial charge in [0, 0.05) is 97.0 Å². The van der Waals surface area contributed by atoms with Crippen LogP contribution >= 0.6 is 92.3 Å². The van der Waals surface area contributed by atoms with Crippen LogP contribution in [-0.4, -0.2) is 127 Å². The number of rotatable bonds is 16. The number of carbonyl (C=O) groups is 3. The zero-order valence-corrected chi connectivity index (χ0v) is 63.4. The first-order chi connectivity index (χ1) is 50.9. The van der Waals surface area contributed by atoms with Crippen LogP contribution < -0.4 is 16.1 Å². The van der Waals surface area contributed by atoms with Crippen LogP contribution in [0.25, 0.3) is 52.0 Å². The highest BCUT2D eigenvalue weighted by Gasteiger charge is 2.35. The largest absolute Gasteiger partial charge is 0.395 e. The third kappa shape index (κ3) is 17.9. The molecule has 544 valence electrons. The van der Waals surface area contributed by atoms with Gasteiger partial charge in [0.25, 0.3) is 17.7 Å². The van der Waals surface area contributed by atoms with Gasteiger partial charge in [-0.25, -0.2) is 23.4 Å². The van der Waals surface area contributed by atoms with Crippen molar-refractivity contribution in [3.05, 3.63) is 252 Å². The Kier molecular flexibility index (Phi) is 25.0. The van der Waals surface area contributed by atoms with Crippen molar-refractivity contribution in [2.24, 2.45) is 5.92 Å². The molecule has 1 saturated carbocycles. The number of ether oxygens (including phenoxy) is 3. The van der Waals surface area contributed by atoms with Crippen LogP contribution in [0.1, 0.15) is 138 Å². The topological polar surface area (TPSA) is 195 Å². The number of β-amino-alcohol motifs (C(OH)–C–C–N with tert-alkyl or cyclic N) is 1. The van der Waals surface area contributed by atoms with E-state index in [-0.39, 0.29) is 67.7 Å². The predicted molar refractivity (Wildman–Crippen MR) is 417 cm³/mol. The Morgan fingerprint density at radius 3 is 1.43 bits per heavy atom. The summed E-state index contributed by atoms with van der Waals surface area (Å²) < 4.78 is 36.3. The summed E-state index contributed by atoms with van der Waals surface area (Å²) in [6.07, 6.45) is 12.1. The third-order valence-electron chi connectivity index (χ3n) is 18.8. The van der Waals surface area contributed by atoms with Gasteiger partial charge in [-0.05, 0) is 152 Å². The second kappa shape index (κ2) is 34.8. The van der Waals surface area contributed by atoms with Crippen molar-refractivity contribution in [2.75, 3.05) is 59.2 Å². The lowest BCUT2D eigenvalue weighted by Crippen LogP contribution is -2.54. The van der Waals surface area contributed by atoms with Gasteiger partial charge in [-0.1, -0.05) is 143 Å². The number of nitrogens with zero attached hydrogens (tertiary/aromatic N) is 8. The molecule has 4 N–H and O–H groups in total. The minimum atomic E-state index is -0.345. The number of hydrogen-bond acceptors (Lipinski definition) is 14. The highest BCUT2D eigenvalue weighted by atomic mass is 35.5.